The van der Waals surface area contributed by atoms with Gasteiger partial charge >= 0.3 is 0 Å². The molecule has 3 aromatic rings. The Morgan fingerprint density at radius 2 is 2.00 bits per heavy atom. The summed E-state index contributed by atoms with van der Waals surface area (Å²) in [5.41, 5.74) is 1.53. The molecule has 1 aromatic carbocycles. The summed E-state index contributed by atoms with van der Waals surface area (Å²) in [5, 5.41) is 2.62. The molecule has 0 aliphatic heterocycles. The summed E-state index contributed by atoms with van der Waals surface area (Å²) in [7, 11) is 0. The van der Waals surface area contributed by atoms with Gasteiger partial charge in [0.2, 0.25) is 5.78 Å². The van der Waals surface area contributed by atoms with E-state index in [1.54, 1.807) is 37.3 Å². The largest absolute Gasteiger partial charge is 0.458 e. The lowest BCUT2D eigenvalue weighted by Crippen LogP contribution is -1.90. The maximum absolute atomic E-state index is 12.9. The van der Waals surface area contributed by atoms with Crippen LogP contribution >= 0.6 is 11.3 Å². The van der Waals surface area contributed by atoms with Crippen LogP contribution in [-0.2, 0) is 0 Å². The van der Waals surface area contributed by atoms with Crippen molar-refractivity contribution in [3.63, 3.8) is 0 Å². The average Bonchev–Trinajstić information content (AvgIpc) is 3.15. The molecule has 0 unspecified atom stereocenters. The number of carbonyl (C=O) groups excluding carboxylic acids is 1. The number of hydrogen-bond acceptors (Lipinski definition) is 4. The van der Waals surface area contributed by atoms with Crippen LogP contribution in [0.15, 0.2) is 52.3 Å². The van der Waals surface area contributed by atoms with Crippen LogP contribution in [0.25, 0.3) is 16.6 Å². The normalized spacial score (nSPS) is 11.2. The second-order valence-electron chi connectivity index (χ2n) is 4.69. The van der Waals surface area contributed by atoms with E-state index in [-0.39, 0.29) is 11.6 Å². The number of thiazole rings is 1. The first-order valence-electron chi connectivity index (χ1n) is 6.62. The van der Waals surface area contributed by atoms with Crippen molar-refractivity contribution in [2.24, 2.45) is 0 Å². The number of allylic oxidation sites excluding steroid dienone is 1. The van der Waals surface area contributed by atoms with Crippen LogP contribution in [0.2, 0.25) is 0 Å². The highest BCUT2D eigenvalue weighted by Gasteiger charge is 2.07. The van der Waals surface area contributed by atoms with Gasteiger partial charge in [-0.15, -0.1) is 11.3 Å². The predicted molar refractivity (Wildman–Crippen MR) is 84.3 cm³/mol. The second-order valence-corrected chi connectivity index (χ2v) is 5.55. The molecule has 5 heteroatoms. The second kappa shape index (κ2) is 6.07. The Balaban J connectivity index is 1.75. The molecule has 0 bridgehead atoms. The molecular formula is C17H12FNO2S. The quantitative estimate of drug-likeness (QED) is 0.516. The van der Waals surface area contributed by atoms with Crippen LogP contribution in [0.3, 0.4) is 0 Å². The molecule has 2 aromatic heterocycles. The van der Waals surface area contributed by atoms with Crippen LogP contribution in [0.4, 0.5) is 4.39 Å². The van der Waals surface area contributed by atoms with E-state index >= 15 is 0 Å². The van der Waals surface area contributed by atoms with Crippen molar-refractivity contribution in [1.82, 2.24) is 4.98 Å². The highest BCUT2D eigenvalue weighted by atomic mass is 32.1. The SMILES string of the molecule is Cc1ccc(C(=O)/C=C/c2csc(-c3ccc(F)cc3)n2)o1. The number of aromatic nitrogens is 1. The summed E-state index contributed by atoms with van der Waals surface area (Å²) >= 11 is 1.44. The summed E-state index contributed by atoms with van der Waals surface area (Å²) in [6.07, 6.45) is 3.07. The summed E-state index contributed by atoms with van der Waals surface area (Å²) in [4.78, 5) is 16.3. The zero-order valence-corrected chi connectivity index (χ0v) is 12.6. The van der Waals surface area contributed by atoms with Crippen molar-refractivity contribution < 1.29 is 13.6 Å². The van der Waals surface area contributed by atoms with Gasteiger partial charge in [-0.1, -0.05) is 0 Å². The van der Waals surface area contributed by atoms with Crippen LogP contribution in [-0.4, -0.2) is 10.8 Å². The van der Waals surface area contributed by atoms with E-state index in [2.05, 4.69) is 4.98 Å². The Bertz CT molecular complexity index is 830. The van der Waals surface area contributed by atoms with Gasteiger partial charge in [0.15, 0.2) is 5.76 Å². The first-order valence-corrected chi connectivity index (χ1v) is 7.50. The minimum Gasteiger partial charge on any atom is -0.458 e. The number of furan rings is 1. The molecule has 0 N–H and O–H groups in total. The van der Waals surface area contributed by atoms with Crippen LogP contribution in [0.1, 0.15) is 22.0 Å². The Morgan fingerprint density at radius 1 is 1.23 bits per heavy atom. The molecule has 0 saturated heterocycles. The number of benzene rings is 1. The number of rotatable bonds is 4. The van der Waals surface area contributed by atoms with E-state index in [1.165, 1.54) is 29.5 Å². The predicted octanol–water partition coefficient (Wildman–Crippen LogP) is 4.75. The van der Waals surface area contributed by atoms with Gasteiger partial charge in [0.25, 0.3) is 0 Å². The first kappa shape index (κ1) is 14.4. The number of carbonyl (C=O) groups is 1. The van der Waals surface area contributed by atoms with Gasteiger partial charge in [-0.3, -0.25) is 4.79 Å². The molecule has 0 aliphatic carbocycles. The fourth-order valence-electron chi connectivity index (χ4n) is 1.90. The number of ketones is 1. The summed E-state index contributed by atoms with van der Waals surface area (Å²) in [6, 6.07) is 9.55. The molecule has 0 aliphatic rings. The lowest BCUT2D eigenvalue weighted by Gasteiger charge is -1.94. The maximum atomic E-state index is 12.9. The van der Waals surface area contributed by atoms with Gasteiger partial charge in [0, 0.05) is 10.9 Å². The molecule has 110 valence electrons. The Hall–Kier alpha value is -2.53. The number of aryl methyl sites for hydroxylation is 1. The summed E-state index contributed by atoms with van der Waals surface area (Å²) in [6.45, 7) is 1.79. The number of hydrogen-bond donors (Lipinski definition) is 0. The molecule has 3 rings (SSSR count). The molecule has 0 spiro atoms. The monoisotopic (exact) mass is 313 g/mol. The molecule has 0 saturated carbocycles. The highest BCUT2D eigenvalue weighted by Crippen LogP contribution is 2.24. The Labute approximate surface area is 130 Å². The van der Waals surface area contributed by atoms with Gasteiger partial charge in [0.1, 0.15) is 16.6 Å². The topological polar surface area (TPSA) is 43.1 Å². The third kappa shape index (κ3) is 3.20. The van der Waals surface area contributed by atoms with Gasteiger partial charge < -0.3 is 4.42 Å². The van der Waals surface area contributed by atoms with Crippen LogP contribution in [0, 0.1) is 12.7 Å². The van der Waals surface area contributed by atoms with E-state index < -0.39 is 0 Å². The van der Waals surface area contributed by atoms with Crippen LogP contribution < -0.4 is 0 Å². The minimum absolute atomic E-state index is 0.204. The molecular weight excluding hydrogens is 301 g/mol. The zero-order chi connectivity index (χ0) is 15.5. The number of halogens is 1. The van der Waals surface area contributed by atoms with E-state index in [4.69, 9.17) is 4.42 Å². The maximum Gasteiger partial charge on any atom is 0.221 e. The van der Waals surface area contributed by atoms with E-state index in [1.807, 2.05) is 5.38 Å². The van der Waals surface area contributed by atoms with Crippen LogP contribution in [0.5, 0.6) is 0 Å². The van der Waals surface area contributed by atoms with Crippen molar-refractivity contribution in [3.05, 3.63) is 70.9 Å². The zero-order valence-electron chi connectivity index (χ0n) is 11.7. The fourth-order valence-corrected chi connectivity index (χ4v) is 2.69. The smallest absolute Gasteiger partial charge is 0.221 e. The molecule has 0 radical (unpaired) electrons. The molecule has 22 heavy (non-hydrogen) atoms. The fraction of sp³-hybridized carbons (Fsp3) is 0.0588. The molecule has 0 atom stereocenters. The molecule has 0 fully saturated rings. The number of nitrogens with zero attached hydrogens (tertiary/aromatic N) is 1. The average molecular weight is 313 g/mol. The minimum atomic E-state index is -0.278. The highest BCUT2D eigenvalue weighted by molar-refractivity contribution is 7.13. The summed E-state index contributed by atoms with van der Waals surface area (Å²) in [5.74, 6) is 0.524. The van der Waals surface area contributed by atoms with E-state index in [0.717, 1.165) is 10.6 Å². The van der Waals surface area contributed by atoms with Crippen molar-refractivity contribution in [3.8, 4) is 10.6 Å². The van der Waals surface area contributed by atoms with Gasteiger partial charge in [0.05, 0.1) is 5.69 Å². The van der Waals surface area contributed by atoms with Crippen molar-refractivity contribution in [2.45, 2.75) is 6.92 Å². The Kier molecular flexibility index (Phi) is 3.98. The lowest BCUT2D eigenvalue weighted by atomic mass is 10.2. The lowest BCUT2D eigenvalue weighted by molar-refractivity contribution is 0.102. The van der Waals surface area contributed by atoms with Crippen molar-refractivity contribution in [2.75, 3.05) is 0 Å². The third-order valence-corrected chi connectivity index (χ3v) is 3.91. The van der Waals surface area contributed by atoms with E-state index in [0.29, 0.717) is 17.2 Å². The van der Waals surface area contributed by atoms with Crippen molar-refractivity contribution >= 4 is 23.2 Å². The van der Waals surface area contributed by atoms with Gasteiger partial charge in [-0.05, 0) is 55.5 Å². The standard InChI is InChI=1S/C17H12FNO2S/c1-11-2-9-16(21-11)15(20)8-7-14-10-22-17(19-14)12-3-5-13(18)6-4-12/h2-10H,1H3/b8-7+. The molecule has 3 nitrogen and oxygen atoms in total. The third-order valence-electron chi connectivity index (χ3n) is 3.00. The van der Waals surface area contributed by atoms with Crippen molar-refractivity contribution in [1.29, 1.82) is 0 Å². The Morgan fingerprint density at radius 3 is 2.68 bits per heavy atom. The summed E-state index contributed by atoms with van der Waals surface area (Å²) < 4.78 is 18.2. The van der Waals surface area contributed by atoms with E-state index in [9.17, 15) is 9.18 Å². The van der Waals surface area contributed by atoms with Gasteiger partial charge in [-0.2, -0.15) is 0 Å². The molecule has 2 heterocycles. The van der Waals surface area contributed by atoms with Gasteiger partial charge in [-0.25, -0.2) is 9.37 Å². The molecule has 0 amide bonds. The first-order chi connectivity index (χ1) is 10.6.